The molecule has 2 heterocycles. The highest BCUT2D eigenvalue weighted by molar-refractivity contribution is 5.95. The van der Waals surface area contributed by atoms with Gasteiger partial charge in [-0.1, -0.05) is 0 Å². The molecule has 0 bridgehead atoms. The van der Waals surface area contributed by atoms with Gasteiger partial charge in [-0.15, -0.1) is 0 Å². The lowest BCUT2D eigenvalue weighted by molar-refractivity contribution is -0.119. The van der Waals surface area contributed by atoms with E-state index in [1.54, 1.807) is 13.0 Å². The largest absolute Gasteiger partial charge is 0.384 e. The molecule has 2 amide bonds. The minimum absolute atomic E-state index is 0.0294. The van der Waals surface area contributed by atoms with E-state index in [0.717, 1.165) is 6.42 Å². The molecule has 4 N–H and O–H groups in total. The number of nitrogens with two attached hydrogens (primary N) is 1. The number of nitrogens with one attached hydrogen (secondary N) is 2. The number of hydrogen-bond acceptors (Lipinski definition) is 4. The van der Waals surface area contributed by atoms with E-state index in [1.807, 2.05) is 0 Å². The lowest BCUT2D eigenvalue weighted by atomic mass is 10.2. The van der Waals surface area contributed by atoms with Crippen molar-refractivity contribution >= 4 is 17.6 Å². The second kappa shape index (κ2) is 5.03. The fraction of sp³-hybridized carbons (Fsp3) is 0.417. The predicted octanol–water partition coefficient (Wildman–Crippen LogP) is -0.0194. The van der Waals surface area contributed by atoms with E-state index in [1.165, 1.54) is 6.07 Å². The van der Waals surface area contributed by atoms with Crippen LogP contribution in [0.15, 0.2) is 12.1 Å². The summed E-state index contributed by atoms with van der Waals surface area (Å²) in [5.74, 6) is 0.168. The number of carbonyl (C=O) groups excluding carboxylic acids is 2. The van der Waals surface area contributed by atoms with Crippen molar-refractivity contribution in [2.24, 2.45) is 0 Å². The van der Waals surface area contributed by atoms with Crippen LogP contribution >= 0.6 is 0 Å². The van der Waals surface area contributed by atoms with E-state index in [0.29, 0.717) is 30.0 Å². The summed E-state index contributed by atoms with van der Waals surface area (Å²) in [6.45, 7) is 2.22. The molecule has 1 saturated heterocycles. The molecule has 1 atom stereocenters. The SMILES string of the molecule is Cc1cc(C(=O)NCC2CCC(=O)N2)cc(N)n1. The Balaban J connectivity index is 1.93. The third kappa shape index (κ3) is 2.97. The van der Waals surface area contributed by atoms with Gasteiger partial charge in [-0.2, -0.15) is 0 Å². The van der Waals surface area contributed by atoms with Crippen LogP contribution < -0.4 is 16.4 Å². The van der Waals surface area contributed by atoms with Crippen LogP contribution in [0.3, 0.4) is 0 Å². The first-order chi connectivity index (χ1) is 8.54. The number of hydrogen-bond donors (Lipinski definition) is 3. The first-order valence-electron chi connectivity index (χ1n) is 5.86. The van der Waals surface area contributed by atoms with Gasteiger partial charge in [-0.05, 0) is 25.5 Å². The van der Waals surface area contributed by atoms with Gasteiger partial charge in [0.1, 0.15) is 5.82 Å². The van der Waals surface area contributed by atoms with Crippen molar-refractivity contribution in [3.63, 3.8) is 0 Å². The van der Waals surface area contributed by atoms with Gasteiger partial charge in [0.15, 0.2) is 0 Å². The van der Waals surface area contributed by atoms with E-state index in [4.69, 9.17) is 5.73 Å². The zero-order valence-electron chi connectivity index (χ0n) is 10.2. The molecule has 0 radical (unpaired) electrons. The normalized spacial score (nSPS) is 18.5. The topological polar surface area (TPSA) is 97.1 Å². The summed E-state index contributed by atoms with van der Waals surface area (Å²) in [4.78, 5) is 26.9. The molecule has 1 aromatic rings. The Morgan fingerprint density at radius 1 is 1.61 bits per heavy atom. The zero-order valence-corrected chi connectivity index (χ0v) is 10.2. The average Bonchev–Trinajstić information content (AvgIpc) is 2.70. The van der Waals surface area contributed by atoms with Crippen LogP contribution in [0, 0.1) is 6.92 Å². The molecular formula is C12H16N4O2. The van der Waals surface area contributed by atoms with E-state index in [-0.39, 0.29) is 17.9 Å². The van der Waals surface area contributed by atoms with Crippen molar-refractivity contribution in [2.45, 2.75) is 25.8 Å². The minimum atomic E-state index is -0.201. The molecule has 6 nitrogen and oxygen atoms in total. The van der Waals surface area contributed by atoms with Gasteiger partial charge >= 0.3 is 0 Å². The monoisotopic (exact) mass is 248 g/mol. The van der Waals surface area contributed by atoms with Gasteiger partial charge in [-0.3, -0.25) is 9.59 Å². The Morgan fingerprint density at radius 2 is 2.39 bits per heavy atom. The molecule has 1 fully saturated rings. The lowest BCUT2D eigenvalue weighted by Gasteiger charge is -2.11. The number of pyridine rings is 1. The number of rotatable bonds is 3. The molecule has 1 aromatic heterocycles. The Labute approximate surface area is 105 Å². The fourth-order valence-corrected chi connectivity index (χ4v) is 1.97. The molecule has 1 unspecified atom stereocenters. The maximum absolute atomic E-state index is 11.9. The quantitative estimate of drug-likeness (QED) is 0.700. The molecule has 1 aliphatic heterocycles. The number of nitrogen functional groups attached to an aromatic ring is 1. The summed E-state index contributed by atoms with van der Waals surface area (Å²) in [5, 5.41) is 5.57. The average molecular weight is 248 g/mol. The van der Waals surface area contributed by atoms with Crippen LogP contribution in [0.5, 0.6) is 0 Å². The molecule has 96 valence electrons. The van der Waals surface area contributed by atoms with Crippen molar-refractivity contribution in [1.29, 1.82) is 0 Å². The van der Waals surface area contributed by atoms with E-state index >= 15 is 0 Å². The van der Waals surface area contributed by atoms with Crippen molar-refractivity contribution in [3.05, 3.63) is 23.4 Å². The van der Waals surface area contributed by atoms with Gasteiger partial charge < -0.3 is 16.4 Å². The van der Waals surface area contributed by atoms with Crippen LogP contribution in [0.25, 0.3) is 0 Å². The third-order valence-corrected chi connectivity index (χ3v) is 2.83. The summed E-state index contributed by atoms with van der Waals surface area (Å²) >= 11 is 0. The fourth-order valence-electron chi connectivity index (χ4n) is 1.97. The Hall–Kier alpha value is -2.11. The summed E-state index contributed by atoms with van der Waals surface area (Å²) in [5.41, 5.74) is 6.78. The van der Waals surface area contributed by atoms with Gasteiger partial charge in [0.25, 0.3) is 5.91 Å². The Bertz CT molecular complexity index is 467. The summed E-state index contributed by atoms with van der Waals surface area (Å²) in [7, 11) is 0. The van der Waals surface area contributed by atoms with Crippen LogP contribution in [-0.2, 0) is 4.79 Å². The molecule has 6 heteroatoms. The van der Waals surface area contributed by atoms with Crippen LogP contribution in [0.1, 0.15) is 28.9 Å². The highest BCUT2D eigenvalue weighted by Crippen LogP contribution is 2.08. The highest BCUT2D eigenvalue weighted by atomic mass is 16.2. The standard InChI is InChI=1S/C12H16N4O2/c1-7-4-8(5-10(13)15-7)12(18)14-6-9-2-3-11(17)16-9/h4-5,9H,2-3,6H2,1H3,(H2,13,15)(H,14,18)(H,16,17). The number of carbonyl (C=O) groups is 2. The number of aryl methyl sites for hydroxylation is 1. The summed E-state index contributed by atoms with van der Waals surface area (Å²) < 4.78 is 0. The zero-order chi connectivity index (χ0) is 13.1. The molecule has 0 aromatic carbocycles. The first kappa shape index (κ1) is 12.3. The number of amides is 2. The molecule has 2 rings (SSSR count). The van der Waals surface area contributed by atoms with E-state index in [2.05, 4.69) is 15.6 Å². The van der Waals surface area contributed by atoms with Crippen LogP contribution in [0.2, 0.25) is 0 Å². The van der Waals surface area contributed by atoms with E-state index < -0.39 is 0 Å². The maximum atomic E-state index is 11.9. The molecular weight excluding hydrogens is 232 g/mol. The van der Waals surface area contributed by atoms with Crippen molar-refractivity contribution in [1.82, 2.24) is 15.6 Å². The van der Waals surface area contributed by atoms with E-state index in [9.17, 15) is 9.59 Å². The van der Waals surface area contributed by atoms with Gasteiger partial charge in [-0.25, -0.2) is 4.98 Å². The van der Waals surface area contributed by atoms with Gasteiger partial charge in [0, 0.05) is 30.3 Å². The smallest absolute Gasteiger partial charge is 0.251 e. The summed E-state index contributed by atoms with van der Waals surface area (Å²) in [6.07, 6.45) is 1.29. The molecule has 18 heavy (non-hydrogen) atoms. The van der Waals surface area contributed by atoms with Crippen LogP contribution in [-0.4, -0.2) is 29.4 Å². The lowest BCUT2D eigenvalue weighted by Crippen LogP contribution is -2.38. The summed E-state index contributed by atoms with van der Waals surface area (Å²) in [6, 6.07) is 3.25. The van der Waals surface area contributed by atoms with Crippen molar-refractivity contribution < 1.29 is 9.59 Å². The molecule has 0 aliphatic carbocycles. The Kier molecular flexibility index (Phi) is 3.45. The third-order valence-electron chi connectivity index (χ3n) is 2.83. The minimum Gasteiger partial charge on any atom is -0.384 e. The number of anilines is 1. The van der Waals surface area contributed by atoms with Crippen molar-refractivity contribution in [2.75, 3.05) is 12.3 Å². The Morgan fingerprint density at radius 3 is 3.00 bits per heavy atom. The maximum Gasteiger partial charge on any atom is 0.251 e. The molecule has 0 saturated carbocycles. The second-order valence-electron chi connectivity index (χ2n) is 4.44. The molecule has 1 aliphatic rings. The van der Waals surface area contributed by atoms with Gasteiger partial charge in [0.05, 0.1) is 0 Å². The van der Waals surface area contributed by atoms with Gasteiger partial charge in [0.2, 0.25) is 5.91 Å². The number of nitrogens with zero attached hydrogens (tertiary/aromatic N) is 1. The second-order valence-corrected chi connectivity index (χ2v) is 4.44. The predicted molar refractivity (Wildman–Crippen MR) is 66.9 cm³/mol. The van der Waals surface area contributed by atoms with Crippen molar-refractivity contribution in [3.8, 4) is 0 Å². The number of aromatic nitrogens is 1. The van der Waals surface area contributed by atoms with Crippen LogP contribution in [0.4, 0.5) is 5.82 Å². The highest BCUT2D eigenvalue weighted by Gasteiger charge is 2.21. The molecule has 0 spiro atoms. The first-order valence-corrected chi connectivity index (χ1v) is 5.86.